The molecule has 19 heteroatoms. The molecule has 0 bridgehead atoms. The van der Waals surface area contributed by atoms with Crippen LogP contribution in [-0.2, 0) is 35.6 Å². The molecule has 0 fully saturated rings. The Hall–Kier alpha value is -6.42. The van der Waals surface area contributed by atoms with Gasteiger partial charge in [-0.25, -0.2) is 18.2 Å². The first-order valence-electron chi connectivity index (χ1n) is 14.6. The van der Waals surface area contributed by atoms with Gasteiger partial charge in [-0.3, -0.25) is 29.3 Å². The molecule has 262 valence electrons. The van der Waals surface area contributed by atoms with Crippen LogP contribution in [0.2, 0.25) is 0 Å². The predicted octanol–water partition coefficient (Wildman–Crippen LogP) is 1.75. The van der Waals surface area contributed by atoms with E-state index in [1.54, 1.807) is 18.2 Å². The van der Waals surface area contributed by atoms with Crippen molar-refractivity contribution in [3.63, 3.8) is 0 Å². The Labute approximate surface area is 285 Å². The highest BCUT2D eigenvalue weighted by molar-refractivity contribution is 7.90. The molecule has 0 saturated heterocycles. The van der Waals surface area contributed by atoms with Crippen molar-refractivity contribution in [3.8, 4) is 11.8 Å². The summed E-state index contributed by atoms with van der Waals surface area (Å²) in [5.74, 6) is -2.54. The van der Waals surface area contributed by atoms with Crippen LogP contribution in [-0.4, -0.2) is 73.0 Å². The number of rotatable bonds is 14. The van der Waals surface area contributed by atoms with Crippen LogP contribution in [0.15, 0.2) is 65.7 Å². The highest BCUT2D eigenvalue weighted by atomic mass is 32.2. The molecule has 3 aromatic rings. The Bertz CT molecular complexity index is 1930. The van der Waals surface area contributed by atoms with Gasteiger partial charge >= 0.3 is 6.16 Å². The molecule has 0 unspecified atom stereocenters. The van der Waals surface area contributed by atoms with Crippen LogP contribution in [0, 0.1) is 21.4 Å². The number of nitrogens with zero attached hydrogens (tertiary/aromatic N) is 3. The third kappa shape index (κ3) is 11.4. The molecular formula is C31H31N7O11S. The van der Waals surface area contributed by atoms with Crippen LogP contribution in [0.1, 0.15) is 41.9 Å². The van der Waals surface area contributed by atoms with Crippen molar-refractivity contribution in [2.75, 3.05) is 18.1 Å². The van der Waals surface area contributed by atoms with E-state index in [9.17, 15) is 42.5 Å². The third-order valence-electron chi connectivity index (χ3n) is 6.55. The second-order valence-electron chi connectivity index (χ2n) is 10.5. The summed E-state index contributed by atoms with van der Waals surface area (Å²) in [7, 11) is -3.87. The Morgan fingerprint density at radius 1 is 0.940 bits per heavy atom. The second kappa shape index (κ2) is 17.1. The normalized spacial score (nSPS) is 11.9. The fraction of sp³-hybridized carbons (Fsp3) is 0.258. The van der Waals surface area contributed by atoms with Crippen LogP contribution >= 0.6 is 0 Å². The van der Waals surface area contributed by atoms with E-state index in [0.717, 1.165) is 12.3 Å². The van der Waals surface area contributed by atoms with Gasteiger partial charge in [0.2, 0.25) is 17.7 Å². The summed E-state index contributed by atoms with van der Waals surface area (Å²) >= 11 is 0. The molecule has 0 saturated carbocycles. The zero-order valence-electron chi connectivity index (χ0n) is 26.8. The number of nitro groups is 1. The van der Waals surface area contributed by atoms with Gasteiger partial charge in [-0.05, 0) is 55.8 Å². The van der Waals surface area contributed by atoms with E-state index in [0.29, 0.717) is 11.3 Å². The third-order valence-corrected chi connectivity index (χ3v) is 7.57. The van der Waals surface area contributed by atoms with Crippen LogP contribution in [0.5, 0.6) is 5.75 Å². The smallest absolute Gasteiger partial charge is 0.429 e. The van der Waals surface area contributed by atoms with Gasteiger partial charge in [-0.15, -0.1) is 0 Å². The molecule has 0 spiro atoms. The maximum atomic E-state index is 12.6. The highest BCUT2D eigenvalue weighted by Gasteiger charge is 2.22. The van der Waals surface area contributed by atoms with Crippen molar-refractivity contribution in [2.45, 2.75) is 44.0 Å². The van der Waals surface area contributed by atoms with Crippen LogP contribution < -0.4 is 26.0 Å². The Balaban J connectivity index is 1.38. The first-order chi connectivity index (χ1) is 23.6. The number of sulfone groups is 1. The number of hydrogen-bond donors (Lipinski definition) is 4. The lowest BCUT2D eigenvalue weighted by molar-refractivity contribution is -0.384. The van der Waals surface area contributed by atoms with Gasteiger partial charge in [0.1, 0.15) is 36.2 Å². The van der Waals surface area contributed by atoms with Crippen molar-refractivity contribution in [1.82, 2.24) is 20.9 Å². The summed E-state index contributed by atoms with van der Waals surface area (Å²) in [5.41, 5.74) is 0.283. The van der Waals surface area contributed by atoms with Crippen molar-refractivity contribution in [2.24, 2.45) is 0 Å². The number of benzene rings is 2. The molecule has 2 aromatic carbocycles. The van der Waals surface area contributed by atoms with Gasteiger partial charge in [0.05, 0.1) is 10.5 Å². The molecule has 2 atom stereocenters. The summed E-state index contributed by atoms with van der Waals surface area (Å²) in [4.78, 5) is 75.7. The van der Waals surface area contributed by atoms with Gasteiger partial charge < -0.3 is 30.7 Å². The molecule has 0 radical (unpaired) electrons. The Morgan fingerprint density at radius 3 is 2.18 bits per heavy atom. The summed E-state index contributed by atoms with van der Waals surface area (Å²) in [6.07, 6.45) is -0.415. The van der Waals surface area contributed by atoms with E-state index in [2.05, 4.69) is 26.3 Å². The predicted molar refractivity (Wildman–Crippen MR) is 173 cm³/mol. The van der Waals surface area contributed by atoms with Gasteiger partial charge in [-0.2, -0.15) is 5.26 Å². The molecule has 4 amide bonds. The fourth-order valence-electron chi connectivity index (χ4n) is 3.94. The Kier molecular flexibility index (Phi) is 13.0. The zero-order chi connectivity index (χ0) is 37.0. The van der Waals surface area contributed by atoms with E-state index in [4.69, 9.17) is 14.7 Å². The molecule has 0 aliphatic rings. The zero-order valence-corrected chi connectivity index (χ0v) is 27.6. The first-order valence-corrected chi connectivity index (χ1v) is 16.4. The lowest BCUT2D eigenvalue weighted by atomic mass is 10.2. The summed E-state index contributed by atoms with van der Waals surface area (Å²) in [6.45, 7) is 2.49. The van der Waals surface area contributed by atoms with E-state index in [1.807, 2.05) is 0 Å². The van der Waals surface area contributed by atoms with Gasteiger partial charge in [0.25, 0.3) is 11.6 Å². The minimum atomic E-state index is -3.87. The van der Waals surface area contributed by atoms with E-state index in [1.165, 1.54) is 56.3 Å². The number of nitrogens with one attached hydrogen (secondary N) is 4. The molecular weight excluding hydrogens is 678 g/mol. The number of nitriles is 1. The van der Waals surface area contributed by atoms with Crippen molar-refractivity contribution in [3.05, 3.63) is 87.6 Å². The van der Waals surface area contributed by atoms with E-state index < -0.39 is 61.7 Å². The minimum absolute atomic E-state index is 0.0614. The quantitative estimate of drug-likeness (QED) is 0.0805. The molecule has 0 aliphatic heterocycles. The SMILES string of the molecule is C[C@H](NC(=O)CCNC(=O)c1ccc(C#N)c(S(C)(=O)=O)n1)C(=O)N[C@@H](C)C(=O)Nc1ccc(COC(=O)Oc2ccc([N+](=O)[O-])cc2)cc1. The summed E-state index contributed by atoms with van der Waals surface area (Å²) in [6, 6.07) is 13.1. The molecule has 18 nitrogen and oxygen atoms in total. The topological polar surface area (TPSA) is 266 Å². The molecule has 3 rings (SSSR count). The number of amides is 4. The fourth-order valence-corrected chi connectivity index (χ4v) is 4.71. The second-order valence-corrected chi connectivity index (χ2v) is 12.5. The average Bonchev–Trinajstić information content (AvgIpc) is 3.07. The largest absolute Gasteiger partial charge is 0.514 e. The number of pyridine rings is 1. The molecule has 50 heavy (non-hydrogen) atoms. The average molecular weight is 710 g/mol. The minimum Gasteiger partial charge on any atom is -0.429 e. The number of ether oxygens (including phenoxy) is 2. The monoisotopic (exact) mass is 709 g/mol. The van der Waals surface area contributed by atoms with E-state index in [-0.39, 0.29) is 42.3 Å². The number of anilines is 1. The van der Waals surface area contributed by atoms with Gasteiger partial charge in [0.15, 0.2) is 14.9 Å². The maximum Gasteiger partial charge on any atom is 0.514 e. The lowest BCUT2D eigenvalue weighted by Gasteiger charge is -2.18. The van der Waals surface area contributed by atoms with Crippen molar-refractivity contribution < 1.29 is 46.8 Å². The summed E-state index contributed by atoms with van der Waals surface area (Å²) in [5, 5.41) is 29.2. The van der Waals surface area contributed by atoms with Crippen LogP contribution in [0.4, 0.5) is 16.2 Å². The van der Waals surface area contributed by atoms with Crippen molar-refractivity contribution in [1.29, 1.82) is 5.26 Å². The molecule has 0 aliphatic carbocycles. The van der Waals surface area contributed by atoms with Crippen LogP contribution in [0.25, 0.3) is 0 Å². The van der Waals surface area contributed by atoms with Crippen molar-refractivity contribution >= 4 is 51.0 Å². The van der Waals surface area contributed by atoms with Gasteiger partial charge in [-0.1, -0.05) is 12.1 Å². The van der Waals surface area contributed by atoms with E-state index >= 15 is 0 Å². The number of aromatic nitrogens is 1. The number of non-ortho nitro benzene ring substituents is 1. The number of hydrogen-bond acceptors (Lipinski definition) is 13. The molecule has 1 heterocycles. The highest BCUT2D eigenvalue weighted by Crippen LogP contribution is 2.18. The Morgan fingerprint density at radius 2 is 1.58 bits per heavy atom. The number of carbonyl (C=O) groups excluding carboxylic acids is 5. The molecule has 4 N–H and O–H groups in total. The number of carbonyl (C=O) groups is 5. The van der Waals surface area contributed by atoms with Crippen LogP contribution in [0.3, 0.4) is 0 Å². The lowest BCUT2D eigenvalue weighted by Crippen LogP contribution is -2.50. The number of nitro benzene ring substituents is 1. The summed E-state index contributed by atoms with van der Waals surface area (Å²) < 4.78 is 33.7. The first kappa shape index (κ1) is 38.0. The standard InChI is InChI=1S/C31H31N7O11S/c1-18(34-26(39)14-15-33-29(42)25-13-6-21(16-32)30(37-25)50(3,46)47)27(40)35-19(2)28(41)36-22-7-4-20(5-8-22)17-48-31(43)49-24-11-9-23(10-12-24)38(44)45/h4-13,18-19H,14-15,17H2,1-3H3,(H,33,42)(H,34,39)(H,35,40)(H,36,41)/t18-,19-/m0/s1. The maximum absolute atomic E-state index is 12.6. The molecule has 1 aromatic heterocycles. The van der Waals surface area contributed by atoms with Gasteiger partial charge in [0, 0.05) is 37.0 Å².